The smallest absolute Gasteiger partial charge is 0.410 e. The lowest BCUT2D eigenvalue weighted by Gasteiger charge is -2.35. The Kier molecular flexibility index (Phi) is 5.36. The highest BCUT2D eigenvalue weighted by Crippen LogP contribution is 2.23. The molecular weight excluding hydrogens is 354 g/mol. The van der Waals surface area contributed by atoms with Crippen molar-refractivity contribution >= 4 is 35.8 Å². The largest absolute Gasteiger partial charge is 0.444 e. The molecule has 0 aromatic carbocycles. The zero-order valence-electron chi connectivity index (χ0n) is 15.2. The van der Waals surface area contributed by atoms with Crippen LogP contribution in [0.3, 0.4) is 0 Å². The summed E-state index contributed by atoms with van der Waals surface area (Å²) < 4.78 is 5.41. The standard InChI is InChI=1S/C17H23N5O3S/c1-17(2,3)25-16(24)22-8-6-21(7-9-22)15-18-5-4-12(20-15)10-13-14(23)19-11-26-13/h4-5,10H,6-9,11H2,1-3H3,(H,19,23)/b13-10-. The van der Waals surface area contributed by atoms with E-state index >= 15 is 0 Å². The molecule has 0 atom stereocenters. The maximum Gasteiger partial charge on any atom is 0.410 e. The SMILES string of the molecule is CC(C)(C)OC(=O)N1CCN(c2nccc(/C=C3\SCNC3=O)n2)CC1. The van der Waals surface area contributed by atoms with Crippen LogP contribution in [0.2, 0.25) is 0 Å². The predicted molar refractivity (Wildman–Crippen MR) is 101 cm³/mol. The van der Waals surface area contributed by atoms with Crippen molar-refractivity contribution < 1.29 is 14.3 Å². The van der Waals surface area contributed by atoms with Gasteiger partial charge in [0.15, 0.2) is 0 Å². The number of nitrogens with one attached hydrogen (secondary N) is 1. The first-order chi connectivity index (χ1) is 12.3. The molecule has 0 unspecified atom stereocenters. The number of hydrogen-bond donors (Lipinski definition) is 1. The number of anilines is 1. The van der Waals surface area contributed by atoms with E-state index in [4.69, 9.17) is 4.74 Å². The van der Waals surface area contributed by atoms with Gasteiger partial charge in [-0.25, -0.2) is 14.8 Å². The van der Waals surface area contributed by atoms with Gasteiger partial charge in [0, 0.05) is 32.4 Å². The molecule has 1 aromatic rings. The highest BCUT2D eigenvalue weighted by Gasteiger charge is 2.26. The molecular formula is C17H23N5O3S. The quantitative estimate of drug-likeness (QED) is 0.785. The minimum atomic E-state index is -0.496. The summed E-state index contributed by atoms with van der Waals surface area (Å²) in [6, 6.07) is 1.78. The van der Waals surface area contributed by atoms with Gasteiger partial charge in [0.2, 0.25) is 5.95 Å². The van der Waals surface area contributed by atoms with E-state index in [1.807, 2.05) is 25.7 Å². The van der Waals surface area contributed by atoms with Gasteiger partial charge in [-0.15, -0.1) is 0 Å². The Morgan fingerprint density at radius 1 is 1.31 bits per heavy atom. The molecule has 2 aliphatic heterocycles. The molecule has 1 aromatic heterocycles. The first-order valence-electron chi connectivity index (χ1n) is 8.50. The molecule has 0 aliphatic carbocycles. The molecule has 2 fully saturated rings. The summed E-state index contributed by atoms with van der Waals surface area (Å²) in [7, 11) is 0. The average Bonchev–Trinajstić information content (AvgIpc) is 2.99. The third-order valence-electron chi connectivity index (χ3n) is 3.84. The molecule has 2 saturated heterocycles. The van der Waals surface area contributed by atoms with Gasteiger partial charge in [0.25, 0.3) is 5.91 Å². The van der Waals surface area contributed by atoms with Gasteiger partial charge in [0.05, 0.1) is 16.5 Å². The van der Waals surface area contributed by atoms with Crippen LogP contribution in [0.5, 0.6) is 0 Å². The molecule has 1 N–H and O–H groups in total. The maximum atomic E-state index is 12.1. The normalized spacial score (nSPS) is 19.7. The molecule has 0 spiro atoms. The Bertz CT molecular complexity index is 723. The number of piperazine rings is 1. The van der Waals surface area contributed by atoms with Crippen molar-refractivity contribution in [3.8, 4) is 0 Å². The second-order valence-corrected chi connectivity index (χ2v) is 8.06. The van der Waals surface area contributed by atoms with Gasteiger partial charge >= 0.3 is 6.09 Å². The number of ether oxygens (including phenoxy) is 1. The van der Waals surface area contributed by atoms with E-state index in [2.05, 4.69) is 15.3 Å². The lowest BCUT2D eigenvalue weighted by Crippen LogP contribution is -2.50. The van der Waals surface area contributed by atoms with Gasteiger partial charge in [-0.05, 0) is 32.9 Å². The van der Waals surface area contributed by atoms with Gasteiger partial charge in [0.1, 0.15) is 5.60 Å². The number of thioether (sulfide) groups is 1. The van der Waals surface area contributed by atoms with Crippen LogP contribution in [0.25, 0.3) is 6.08 Å². The number of rotatable bonds is 2. The Morgan fingerprint density at radius 3 is 2.65 bits per heavy atom. The number of carbonyl (C=O) groups excluding carboxylic acids is 2. The second-order valence-electron chi connectivity index (χ2n) is 7.04. The van der Waals surface area contributed by atoms with Gasteiger partial charge in [-0.1, -0.05) is 11.8 Å². The van der Waals surface area contributed by atoms with E-state index in [1.54, 1.807) is 23.2 Å². The monoisotopic (exact) mass is 377 g/mol. The fraction of sp³-hybridized carbons (Fsp3) is 0.529. The lowest BCUT2D eigenvalue weighted by molar-refractivity contribution is -0.116. The molecule has 2 aliphatic rings. The average molecular weight is 377 g/mol. The van der Waals surface area contributed by atoms with E-state index in [9.17, 15) is 9.59 Å². The van der Waals surface area contributed by atoms with Crippen molar-refractivity contribution in [1.29, 1.82) is 0 Å². The Hall–Kier alpha value is -2.29. The zero-order chi connectivity index (χ0) is 18.7. The van der Waals surface area contributed by atoms with Crippen molar-refractivity contribution in [1.82, 2.24) is 20.2 Å². The van der Waals surface area contributed by atoms with Crippen LogP contribution in [-0.2, 0) is 9.53 Å². The number of nitrogens with zero attached hydrogens (tertiary/aromatic N) is 4. The predicted octanol–water partition coefficient (Wildman–Crippen LogP) is 1.70. The summed E-state index contributed by atoms with van der Waals surface area (Å²) in [4.78, 5) is 37.1. The topological polar surface area (TPSA) is 87.7 Å². The number of aromatic nitrogens is 2. The van der Waals surface area contributed by atoms with Crippen molar-refractivity contribution in [2.75, 3.05) is 37.0 Å². The lowest BCUT2D eigenvalue weighted by atomic mass is 10.2. The van der Waals surface area contributed by atoms with Gasteiger partial charge in [-0.3, -0.25) is 4.79 Å². The van der Waals surface area contributed by atoms with Crippen LogP contribution in [0.15, 0.2) is 17.2 Å². The minimum absolute atomic E-state index is 0.0684. The van der Waals surface area contributed by atoms with Crippen LogP contribution in [0.4, 0.5) is 10.7 Å². The van der Waals surface area contributed by atoms with Crippen LogP contribution in [0, 0.1) is 0 Å². The minimum Gasteiger partial charge on any atom is -0.444 e. The summed E-state index contributed by atoms with van der Waals surface area (Å²) in [6.45, 7) is 7.96. The summed E-state index contributed by atoms with van der Waals surface area (Å²) in [5.41, 5.74) is 0.202. The molecule has 26 heavy (non-hydrogen) atoms. The van der Waals surface area contributed by atoms with E-state index in [0.717, 1.165) is 0 Å². The molecule has 3 heterocycles. The fourth-order valence-electron chi connectivity index (χ4n) is 2.58. The molecule has 140 valence electrons. The first kappa shape index (κ1) is 18.5. The molecule has 8 nitrogen and oxygen atoms in total. The van der Waals surface area contributed by atoms with Gasteiger partial charge < -0.3 is 19.9 Å². The fourth-order valence-corrected chi connectivity index (χ4v) is 3.35. The molecule has 0 saturated carbocycles. The number of hydrogen-bond acceptors (Lipinski definition) is 7. The van der Waals surface area contributed by atoms with Crippen molar-refractivity contribution in [3.05, 3.63) is 22.9 Å². The second kappa shape index (κ2) is 7.53. The highest BCUT2D eigenvalue weighted by molar-refractivity contribution is 8.04. The Morgan fingerprint density at radius 2 is 2.04 bits per heavy atom. The summed E-state index contributed by atoms with van der Waals surface area (Å²) in [5, 5.41) is 2.75. The van der Waals surface area contributed by atoms with Crippen molar-refractivity contribution in [3.63, 3.8) is 0 Å². The number of amides is 2. The Labute approximate surface area is 157 Å². The van der Waals surface area contributed by atoms with Crippen molar-refractivity contribution in [2.24, 2.45) is 0 Å². The third-order valence-corrected chi connectivity index (χ3v) is 4.74. The van der Waals surface area contributed by atoms with E-state index < -0.39 is 5.60 Å². The van der Waals surface area contributed by atoms with Crippen molar-refractivity contribution in [2.45, 2.75) is 26.4 Å². The maximum absolute atomic E-state index is 12.1. The summed E-state index contributed by atoms with van der Waals surface area (Å²) >= 11 is 1.46. The van der Waals surface area contributed by atoms with Crippen LogP contribution in [0.1, 0.15) is 26.5 Å². The van der Waals surface area contributed by atoms with E-state index in [1.165, 1.54) is 11.8 Å². The highest BCUT2D eigenvalue weighted by atomic mass is 32.2. The van der Waals surface area contributed by atoms with E-state index in [-0.39, 0.29) is 12.0 Å². The number of carbonyl (C=O) groups is 2. The van der Waals surface area contributed by atoms with Crippen LogP contribution in [-0.4, -0.2) is 64.5 Å². The van der Waals surface area contributed by atoms with Crippen LogP contribution >= 0.6 is 11.8 Å². The first-order valence-corrected chi connectivity index (χ1v) is 9.49. The summed E-state index contributed by atoms with van der Waals surface area (Å²) in [6.07, 6.45) is 3.17. The van der Waals surface area contributed by atoms with Crippen LogP contribution < -0.4 is 10.2 Å². The third kappa shape index (κ3) is 4.66. The summed E-state index contributed by atoms with van der Waals surface area (Å²) in [5.74, 6) is 1.13. The van der Waals surface area contributed by atoms with Gasteiger partial charge in [-0.2, -0.15) is 0 Å². The molecule has 0 radical (unpaired) electrons. The van der Waals surface area contributed by atoms with E-state index in [0.29, 0.717) is 48.6 Å². The Balaban J connectivity index is 1.62. The molecule has 9 heteroatoms. The zero-order valence-corrected chi connectivity index (χ0v) is 16.0. The molecule has 0 bridgehead atoms. The molecule has 3 rings (SSSR count). The molecule has 2 amide bonds.